The first kappa shape index (κ1) is 15.8. The number of aromatic nitrogens is 1. The molecule has 0 aliphatic heterocycles. The largest absolute Gasteiger partial charge is 0.454 e. The van der Waals surface area contributed by atoms with Crippen molar-refractivity contribution in [1.29, 1.82) is 0 Å². The van der Waals surface area contributed by atoms with Gasteiger partial charge in [-0.2, -0.15) is 13.2 Å². The molecule has 0 fully saturated rings. The average molecular weight is 275 g/mol. The van der Waals surface area contributed by atoms with Gasteiger partial charge < -0.3 is 4.57 Å². The Morgan fingerprint density at radius 2 is 2.05 bits per heavy atom. The van der Waals surface area contributed by atoms with E-state index in [-0.39, 0.29) is 5.56 Å². The Labute approximate surface area is 111 Å². The number of ketones is 1. The van der Waals surface area contributed by atoms with Crippen LogP contribution in [0.15, 0.2) is 18.5 Å². The molecule has 5 heteroatoms. The van der Waals surface area contributed by atoms with Gasteiger partial charge >= 0.3 is 6.18 Å². The van der Waals surface area contributed by atoms with Crippen molar-refractivity contribution in [2.75, 3.05) is 0 Å². The quantitative estimate of drug-likeness (QED) is 0.674. The van der Waals surface area contributed by atoms with Gasteiger partial charge in [-0.1, -0.05) is 33.1 Å². The zero-order valence-electron chi connectivity index (χ0n) is 11.3. The van der Waals surface area contributed by atoms with Crippen LogP contribution in [0.5, 0.6) is 0 Å². The zero-order valence-corrected chi connectivity index (χ0v) is 11.3. The molecule has 0 radical (unpaired) electrons. The third-order valence-electron chi connectivity index (χ3n) is 3.28. The van der Waals surface area contributed by atoms with Crippen LogP contribution in [0.3, 0.4) is 0 Å². The van der Waals surface area contributed by atoms with Crippen LogP contribution in [0.25, 0.3) is 0 Å². The second-order valence-electron chi connectivity index (χ2n) is 4.84. The maximum atomic E-state index is 12.3. The van der Waals surface area contributed by atoms with Gasteiger partial charge in [0.25, 0.3) is 5.78 Å². The van der Waals surface area contributed by atoms with Gasteiger partial charge in [0.1, 0.15) is 0 Å². The van der Waals surface area contributed by atoms with E-state index in [1.807, 2.05) is 0 Å². The van der Waals surface area contributed by atoms with Crippen LogP contribution in [0.1, 0.15) is 49.9 Å². The molecule has 0 aliphatic carbocycles. The Hall–Kier alpha value is -1.26. The molecule has 1 aromatic heterocycles. The van der Waals surface area contributed by atoms with Gasteiger partial charge in [0.15, 0.2) is 0 Å². The Bertz CT molecular complexity index is 409. The number of alkyl halides is 3. The van der Waals surface area contributed by atoms with E-state index in [2.05, 4.69) is 13.8 Å². The van der Waals surface area contributed by atoms with Crippen molar-refractivity contribution in [3.8, 4) is 0 Å². The first-order valence-corrected chi connectivity index (χ1v) is 6.65. The predicted octanol–water partition coefficient (Wildman–Crippen LogP) is 4.45. The van der Waals surface area contributed by atoms with E-state index >= 15 is 0 Å². The summed E-state index contributed by atoms with van der Waals surface area (Å²) in [4.78, 5) is 11.1. The number of rotatable bonds is 7. The lowest BCUT2D eigenvalue weighted by Crippen LogP contribution is -2.22. The van der Waals surface area contributed by atoms with E-state index in [0.29, 0.717) is 12.5 Å². The second-order valence-corrected chi connectivity index (χ2v) is 4.84. The minimum absolute atomic E-state index is 0.280. The maximum Gasteiger partial charge on any atom is 0.454 e. The number of hydrogen-bond donors (Lipinski definition) is 0. The summed E-state index contributed by atoms with van der Waals surface area (Å²) >= 11 is 0. The minimum Gasteiger partial charge on any atom is -0.353 e. The van der Waals surface area contributed by atoms with E-state index in [9.17, 15) is 18.0 Å². The molecule has 19 heavy (non-hydrogen) atoms. The Morgan fingerprint density at radius 1 is 1.37 bits per heavy atom. The van der Waals surface area contributed by atoms with Crippen molar-refractivity contribution in [1.82, 2.24) is 4.57 Å². The third-order valence-corrected chi connectivity index (χ3v) is 3.28. The Kier molecular flexibility index (Phi) is 5.63. The zero-order chi connectivity index (χ0) is 14.5. The molecule has 108 valence electrons. The smallest absolute Gasteiger partial charge is 0.353 e. The van der Waals surface area contributed by atoms with E-state index in [0.717, 1.165) is 25.7 Å². The van der Waals surface area contributed by atoms with Gasteiger partial charge in [0, 0.05) is 24.5 Å². The molecule has 0 saturated carbocycles. The number of hydrogen-bond acceptors (Lipinski definition) is 1. The van der Waals surface area contributed by atoms with Crippen molar-refractivity contribution in [3.05, 3.63) is 24.0 Å². The lowest BCUT2D eigenvalue weighted by molar-refractivity contribution is -0.0885. The molecule has 1 aromatic rings. The van der Waals surface area contributed by atoms with Gasteiger partial charge in [0.05, 0.1) is 0 Å². The molecular weight excluding hydrogens is 255 g/mol. The lowest BCUT2D eigenvalue weighted by atomic mass is 9.99. The SMILES string of the molecule is CCCCC(CC)Cn1ccc(C(=O)C(F)(F)F)c1. The van der Waals surface area contributed by atoms with Crippen LogP contribution < -0.4 is 0 Å². The van der Waals surface area contributed by atoms with Crippen LogP contribution in [0, 0.1) is 5.92 Å². The first-order chi connectivity index (χ1) is 8.88. The molecule has 0 aromatic carbocycles. The lowest BCUT2D eigenvalue weighted by Gasteiger charge is -2.15. The number of nitrogens with zero attached hydrogens (tertiary/aromatic N) is 1. The van der Waals surface area contributed by atoms with Crippen molar-refractivity contribution in [2.24, 2.45) is 5.92 Å². The van der Waals surface area contributed by atoms with E-state index in [1.54, 1.807) is 10.8 Å². The van der Waals surface area contributed by atoms with Crippen LogP contribution in [0.2, 0.25) is 0 Å². The molecule has 1 rings (SSSR count). The molecule has 1 heterocycles. The minimum atomic E-state index is -4.79. The fourth-order valence-electron chi connectivity index (χ4n) is 2.07. The standard InChI is InChI=1S/C14H20F3NO/c1-3-5-6-11(4-2)9-18-8-7-12(10-18)13(19)14(15,16)17/h7-8,10-11H,3-6,9H2,1-2H3. The van der Waals surface area contributed by atoms with Crippen molar-refractivity contribution in [3.63, 3.8) is 0 Å². The summed E-state index contributed by atoms with van der Waals surface area (Å²) in [5.41, 5.74) is -0.280. The fraction of sp³-hybridized carbons (Fsp3) is 0.643. The molecule has 0 spiro atoms. The molecule has 0 amide bonds. The van der Waals surface area contributed by atoms with Crippen molar-refractivity contribution < 1.29 is 18.0 Å². The number of carbonyl (C=O) groups excluding carboxylic acids is 1. The molecule has 0 aliphatic rings. The number of carbonyl (C=O) groups is 1. The summed E-state index contributed by atoms with van der Waals surface area (Å²) in [5.74, 6) is -1.32. The first-order valence-electron chi connectivity index (χ1n) is 6.65. The van der Waals surface area contributed by atoms with E-state index < -0.39 is 12.0 Å². The van der Waals surface area contributed by atoms with E-state index in [1.165, 1.54) is 12.3 Å². The Morgan fingerprint density at radius 3 is 2.58 bits per heavy atom. The summed E-state index contributed by atoms with van der Waals surface area (Å²) in [6, 6.07) is 1.24. The van der Waals surface area contributed by atoms with Gasteiger partial charge in [-0.15, -0.1) is 0 Å². The molecule has 1 atom stereocenters. The summed E-state index contributed by atoms with van der Waals surface area (Å²) in [5, 5.41) is 0. The number of unbranched alkanes of at least 4 members (excludes halogenated alkanes) is 1. The highest BCUT2D eigenvalue weighted by molar-refractivity contribution is 6.00. The third kappa shape index (κ3) is 4.73. The predicted molar refractivity (Wildman–Crippen MR) is 68.1 cm³/mol. The molecule has 1 unspecified atom stereocenters. The highest BCUT2D eigenvalue weighted by atomic mass is 19.4. The average Bonchev–Trinajstić information content (AvgIpc) is 2.80. The number of Topliss-reactive ketones (excluding diaryl/α,β-unsaturated/α-hetero) is 1. The molecule has 0 bridgehead atoms. The van der Waals surface area contributed by atoms with Gasteiger partial charge in [0.2, 0.25) is 0 Å². The monoisotopic (exact) mass is 275 g/mol. The number of halogens is 3. The van der Waals surface area contributed by atoms with Gasteiger partial charge in [-0.25, -0.2) is 0 Å². The summed E-state index contributed by atoms with van der Waals surface area (Å²) in [6.45, 7) is 4.86. The molecule has 2 nitrogen and oxygen atoms in total. The van der Waals surface area contributed by atoms with Crippen LogP contribution in [0.4, 0.5) is 13.2 Å². The Balaban J connectivity index is 2.66. The highest BCUT2D eigenvalue weighted by Gasteiger charge is 2.39. The maximum absolute atomic E-state index is 12.3. The normalized spacial score (nSPS) is 13.5. The fourth-order valence-corrected chi connectivity index (χ4v) is 2.07. The summed E-state index contributed by atoms with van der Waals surface area (Å²) in [7, 11) is 0. The molecule has 0 saturated heterocycles. The van der Waals surface area contributed by atoms with Gasteiger partial charge in [-0.05, 0) is 18.4 Å². The van der Waals surface area contributed by atoms with Crippen LogP contribution >= 0.6 is 0 Å². The second kappa shape index (κ2) is 6.78. The molecular formula is C14H20F3NO. The van der Waals surface area contributed by atoms with Crippen LogP contribution in [-0.2, 0) is 6.54 Å². The topological polar surface area (TPSA) is 22.0 Å². The molecule has 0 N–H and O–H groups in total. The van der Waals surface area contributed by atoms with Gasteiger partial charge in [-0.3, -0.25) is 4.79 Å². The van der Waals surface area contributed by atoms with E-state index in [4.69, 9.17) is 0 Å². The summed E-state index contributed by atoms with van der Waals surface area (Å²) in [6.07, 6.45) is 2.33. The highest BCUT2D eigenvalue weighted by Crippen LogP contribution is 2.22. The summed E-state index contributed by atoms with van der Waals surface area (Å²) < 4.78 is 38.5. The van der Waals surface area contributed by atoms with Crippen molar-refractivity contribution >= 4 is 5.78 Å². The van der Waals surface area contributed by atoms with Crippen molar-refractivity contribution in [2.45, 2.75) is 52.3 Å². The van der Waals surface area contributed by atoms with Crippen LogP contribution in [-0.4, -0.2) is 16.5 Å².